The molecule has 0 aromatic carbocycles. The molecule has 0 bridgehead atoms. The highest BCUT2D eigenvalue weighted by Crippen LogP contribution is 2.17. The third-order valence-corrected chi connectivity index (χ3v) is 5.58. The van der Waals surface area contributed by atoms with Gasteiger partial charge in [0.1, 0.15) is 0 Å². The van der Waals surface area contributed by atoms with Crippen molar-refractivity contribution < 1.29 is 28.0 Å². The number of carboxylic acids is 1. The average molecular weight is 319 g/mol. The summed E-state index contributed by atoms with van der Waals surface area (Å²) >= 11 is 0. The number of carbonyl (C=O) groups is 2. The molecule has 0 aromatic heterocycles. The summed E-state index contributed by atoms with van der Waals surface area (Å²) in [6.07, 6.45) is 2.43. The zero-order valence-corrected chi connectivity index (χ0v) is 13.9. The Morgan fingerprint density at radius 1 is 1.05 bits per heavy atom. The van der Waals surface area contributed by atoms with Gasteiger partial charge in [-0.2, -0.15) is 0 Å². The summed E-state index contributed by atoms with van der Waals surface area (Å²) in [5.41, 5.74) is 0. The van der Waals surface area contributed by atoms with E-state index in [4.69, 9.17) is 18.4 Å². The van der Waals surface area contributed by atoms with Crippen LogP contribution in [0.3, 0.4) is 0 Å². The second kappa shape index (κ2) is 11.4. The van der Waals surface area contributed by atoms with Gasteiger partial charge in [0, 0.05) is 44.6 Å². The lowest BCUT2D eigenvalue weighted by atomic mass is 10.4. The molecule has 0 fully saturated rings. The lowest BCUT2D eigenvalue weighted by Crippen LogP contribution is -2.46. The minimum absolute atomic E-state index is 0.408. The van der Waals surface area contributed by atoms with E-state index >= 15 is 0 Å². The standard InChI is InChI=1S/C13H25NO6Si/c1-4-18-21(19-5-2,20-6-3)11-7-10-14-12(15)8-9-13(16)17/h8-9H,4-7,10-11H2,1-3H3,(H,14,15)(H,16,17). The Hall–Kier alpha value is -1.22. The van der Waals surface area contributed by atoms with Crippen LogP contribution in [0.5, 0.6) is 0 Å². The summed E-state index contributed by atoms with van der Waals surface area (Å²) in [6.45, 7) is 7.61. The second-order valence-electron chi connectivity index (χ2n) is 4.05. The van der Waals surface area contributed by atoms with Crippen molar-refractivity contribution in [2.24, 2.45) is 0 Å². The highest BCUT2D eigenvalue weighted by Gasteiger charge is 2.39. The fourth-order valence-corrected chi connectivity index (χ4v) is 4.34. The average Bonchev–Trinajstić information content (AvgIpc) is 2.42. The number of hydrogen-bond acceptors (Lipinski definition) is 5. The summed E-state index contributed by atoms with van der Waals surface area (Å²) in [5, 5.41) is 11.0. The molecule has 0 spiro atoms. The number of carboxylic acid groups (broad SMARTS) is 1. The lowest BCUT2D eigenvalue weighted by Gasteiger charge is -2.28. The van der Waals surface area contributed by atoms with Gasteiger partial charge >= 0.3 is 14.8 Å². The molecule has 7 nitrogen and oxygen atoms in total. The number of nitrogens with one attached hydrogen (secondary N) is 1. The van der Waals surface area contributed by atoms with E-state index in [9.17, 15) is 9.59 Å². The summed E-state index contributed by atoms with van der Waals surface area (Å²) in [7, 11) is -2.67. The molecule has 122 valence electrons. The normalized spacial score (nSPS) is 11.8. The van der Waals surface area contributed by atoms with E-state index in [1.165, 1.54) is 0 Å². The predicted molar refractivity (Wildman–Crippen MR) is 79.8 cm³/mol. The van der Waals surface area contributed by atoms with Crippen molar-refractivity contribution in [3.63, 3.8) is 0 Å². The molecule has 8 heteroatoms. The topological polar surface area (TPSA) is 94.1 Å². The molecule has 21 heavy (non-hydrogen) atoms. The Bertz CT molecular complexity index is 331. The van der Waals surface area contributed by atoms with Crippen LogP contribution in [0.4, 0.5) is 0 Å². The molecule has 0 radical (unpaired) electrons. The molecule has 0 aliphatic rings. The number of carbonyl (C=O) groups excluding carboxylic acids is 1. The Labute approximate surface area is 126 Å². The van der Waals surface area contributed by atoms with Gasteiger partial charge in [0.25, 0.3) is 0 Å². The highest BCUT2D eigenvalue weighted by molar-refractivity contribution is 6.60. The van der Waals surface area contributed by atoms with Crippen LogP contribution < -0.4 is 5.32 Å². The third kappa shape index (κ3) is 9.35. The maximum atomic E-state index is 11.3. The molecule has 1 amide bonds. The maximum absolute atomic E-state index is 11.3. The van der Waals surface area contributed by atoms with Crippen LogP contribution in [-0.4, -0.2) is 52.2 Å². The van der Waals surface area contributed by atoms with Crippen LogP contribution in [0.2, 0.25) is 6.04 Å². The van der Waals surface area contributed by atoms with Crippen LogP contribution in [-0.2, 0) is 22.9 Å². The van der Waals surface area contributed by atoms with E-state index in [2.05, 4.69) is 5.32 Å². The molecule has 0 unspecified atom stereocenters. The first-order valence-corrected chi connectivity index (χ1v) is 9.03. The van der Waals surface area contributed by atoms with Gasteiger partial charge in [-0.3, -0.25) is 4.79 Å². The molecular formula is C13H25NO6Si. The van der Waals surface area contributed by atoms with Crippen molar-refractivity contribution >= 4 is 20.7 Å². The van der Waals surface area contributed by atoms with Crippen LogP contribution in [0, 0.1) is 0 Å². The first-order valence-electron chi connectivity index (χ1n) is 7.10. The summed E-state index contributed by atoms with van der Waals surface area (Å²) in [6, 6.07) is 0.603. The van der Waals surface area contributed by atoms with Gasteiger partial charge in [0.15, 0.2) is 0 Å². The number of amides is 1. The number of aliphatic carboxylic acids is 1. The zero-order chi connectivity index (χ0) is 16.1. The Morgan fingerprint density at radius 3 is 2.00 bits per heavy atom. The van der Waals surface area contributed by atoms with Crippen molar-refractivity contribution in [3.05, 3.63) is 12.2 Å². The predicted octanol–water partition coefficient (Wildman–Crippen LogP) is 1.18. The van der Waals surface area contributed by atoms with Gasteiger partial charge in [-0.05, 0) is 27.2 Å². The van der Waals surface area contributed by atoms with Gasteiger partial charge in [-0.25, -0.2) is 4.79 Å². The van der Waals surface area contributed by atoms with Crippen LogP contribution in [0.25, 0.3) is 0 Å². The second-order valence-corrected chi connectivity index (χ2v) is 6.78. The number of hydrogen-bond donors (Lipinski definition) is 2. The van der Waals surface area contributed by atoms with Crippen molar-refractivity contribution in [1.29, 1.82) is 0 Å². The van der Waals surface area contributed by atoms with Gasteiger partial charge in [0.2, 0.25) is 5.91 Å². The first-order chi connectivity index (χ1) is 9.99. The fourth-order valence-electron chi connectivity index (χ4n) is 1.72. The molecule has 0 saturated heterocycles. The van der Waals surface area contributed by atoms with Crippen LogP contribution in [0.15, 0.2) is 12.2 Å². The smallest absolute Gasteiger partial charge is 0.478 e. The fraction of sp³-hybridized carbons (Fsp3) is 0.692. The largest absolute Gasteiger partial charge is 0.500 e. The van der Waals surface area contributed by atoms with E-state index in [1.54, 1.807) is 0 Å². The van der Waals surface area contributed by atoms with Crippen molar-refractivity contribution in [1.82, 2.24) is 5.32 Å². The molecule has 0 aliphatic heterocycles. The molecule has 0 saturated carbocycles. The minimum atomic E-state index is -2.67. The highest BCUT2D eigenvalue weighted by atomic mass is 28.4. The number of rotatable bonds is 12. The van der Waals surface area contributed by atoms with E-state index in [-0.39, 0.29) is 0 Å². The van der Waals surface area contributed by atoms with Gasteiger partial charge in [-0.15, -0.1) is 0 Å². The molecule has 0 aliphatic carbocycles. The maximum Gasteiger partial charge on any atom is 0.500 e. The summed E-state index contributed by atoms with van der Waals surface area (Å²) in [5.74, 6) is -1.59. The quantitative estimate of drug-likeness (QED) is 0.319. The molecule has 0 heterocycles. The Balaban J connectivity index is 4.23. The molecule has 0 atom stereocenters. The van der Waals surface area contributed by atoms with Crippen LogP contribution >= 0.6 is 0 Å². The lowest BCUT2D eigenvalue weighted by molar-refractivity contribution is -0.131. The SMILES string of the molecule is CCO[Si](CCCNC(=O)C=CC(=O)O)(OCC)OCC. The van der Waals surface area contributed by atoms with Crippen molar-refractivity contribution in [2.75, 3.05) is 26.4 Å². The molecule has 0 aromatic rings. The van der Waals surface area contributed by atoms with Crippen LogP contribution in [0.1, 0.15) is 27.2 Å². The van der Waals surface area contributed by atoms with Crippen molar-refractivity contribution in [2.45, 2.75) is 33.2 Å². The summed E-state index contributed by atoms with van der Waals surface area (Å²) < 4.78 is 17.1. The van der Waals surface area contributed by atoms with Gasteiger partial charge in [0.05, 0.1) is 0 Å². The van der Waals surface area contributed by atoms with E-state index < -0.39 is 20.7 Å². The van der Waals surface area contributed by atoms with E-state index in [1.807, 2.05) is 20.8 Å². The first kappa shape index (κ1) is 19.8. The Morgan fingerprint density at radius 2 is 1.57 bits per heavy atom. The monoisotopic (exact) mass is 319 g/mol. The van der Waals surface area contributed by atoms with Crippen molar-refractivity contribution in [3.8, 4) is 0 Å². The summed E-state index contributed by atoms with van der Waals surface area (Å²) in [4.78, 5) is 21.6. The third-order valence-electron chi connectivity index (χ3n) is 2.43. The van der Waals surface area contributed by atoms with Gasteiger partial charge in [-0.1, -0.05) is 0 Å². The minimum Gasteiger partial charge on any atom is -0.478 e. The van der Waals surface area contributed by atoms with Gasteiger partial charge < -0.3 is 23.7 Å². The zero-order valence-electron chi connectivity index (χ0n) is 12.9. The molecule has 2 N–H and O–H groups in total. The molecular weight excluding hydrogens is 294 g/mol. The molecule has 0 rings (SSSR count). The van der Waals surface area contributed by atoms with E-state index in [0.717, 1.165) is 12.2 Å². The Kier molecular flexibility index (Phi) is 10.8. The van der Waals surface area contributed by atoms with E-state index in [0.29, 0.717) is 38.8 Å².